The predicted molar refractivity (Wildman–Crippen MR) is 79.8 cm³/mol. The Morgan fingerprint density at radius 2 is 2.10 bits per heavy atom. The van der Waals surface area contributed by atoms with E-state index in [0.717, 1.165) is 0 Å². The maximum Gasteiger partial charge on any atom is 0.153 e. The van der Waals surface area contributed by atoms with Crippen LogP contribution in [0.25, 0.3) is 17.1 Å². The third-order valence-corrected chi connectivity index (χ3v) is 3.43. The average molecular weight is 346 g/mol. The van der Waals surface area contributed by atoms with Gasteiger partial charge in [-0.3, -0.25) is 4.79 Å². The molecule has 0 amide bonds. The van der Waals surface area contributed by atoms with Gasteiger partial charge in [-0.05, 0) is 30.3 Å². The van der Waals surface area contributed by atoms with E-state index in [1.807, 2.05) is 6.07 Å². The second-order valence-corrected chi connectivity index (χ2v) is 5.22. The van der Waals surface area contributed by atoms with Gasteiger partial charge >= 0.3 is 0 Å². The quantitative estimate of drug-likeness (QED) is 0.680. The Labute approximate surface area is 128 Å². The van der Waals surface area contributed by atoms with Crippen LogP contribution < -0.4 is 0 Å². The molecule has 104 valence electrons. The summed E-state index contributed by atoms with van der Waals surface area (Å²) in [6.07, 6.45) is 3.81. The molecule has 3 rings (SSSR count). The van der Waals surface area contributed by atoms with Crippen molar-refractivity contribution < 1.29 is 9.18 Å². The summed E-state index contributed by atoms with van der Waals surface area (Å²) < 4.78 is 16.1. The highest BCUT2D eigenvalue weighted by molar-refractivity contribution is 9.10. The number of carbonyl (C=O) groups is 1. The van der Waals surface area contributed by atoms with Crippen LogP contribution >= 0.6 is 15.9 Å². The van der Waals surface area contributed by atoms with E-state index in [-0.39, 0.29) is 5.56 Å². The molecule has 0 unspecified atom stereocenters. The minimum atomic E-state index is -0.446. The van der Waals surface area contributed by atoms with Crippen LogP contribution in [0, 0.1) is 5.82 Å². The normalized spacial score (nSPS) is 10.6. The second-order valence-electron chi connectivity index (χ2n) is 4.31. The van der Waals surface area contributed by atoms with Gasteiger partial charge in [-0.1, -0.05) is 22.0 Å². The fraction of sp³-hybridized carbons (Fsp3) is 0. The van der Waals surface area contributed by atoms with Gasteiger partial charge in [0.25, 0.3) is 0 Å². The Hall–Kier alpha value is -2.34. The van der Waals surface area contributed by atoms with Gasteiger partial charge in [-0.15, -0.1) is 0 Å². The first kappa shape index (κ1) is 13.6. The highest BCUT2D eigenvalue weighted by Crippen LogP contribution is 2.27. The fourth-order valence-electron chi connectivity index (χ4n) is 1.97. The Morgan fingerprint density at radius 3 is 2.76 bits per heavy atom. The van der Waals surface area contributed by atoms with Crippen molar-refractivity contribution in [3.05, 3.63) is 64.6 Å². The lowest BCUT2D eigenvalue weighted by atomic mass is 10.1. The lowest BCUT2D eigenvalue weighted by Crippen LogP contribution is -1.97. The van der Waals surface area contributed by atoms with Gasteiger partial charge in [0.2, 0.25) is 0 Å². The van der Waals surface area contributed by atoms with E-state index in [4.69, 9.17) is 0 Å². The number of aldehydes is 1. The summed E-state index contributed by atoms with van der Waals surface area (Å²) in [7, 11) is 0. The molecule has 0 aliphatic carbocycles. The van der Waals surface area contributed by atoms with Crippen LogP contribution in [0.15, 0.2) is 53.3 Å². The van der Waals surface area contributed by atoms with Crippen molar-refractivity contribution in [2.75, 3.05) is 0 Å². The molecule has 0 saturated heterocycles. The van der Waals surface area contributed by atoms with E-state index in [2.05, 4.69) is 26.0 Å². The number of carbonyl (C=O) groups excluding carboxylic acids is 1. The van der Waals surface area contributed by atoms with Gasteiger partial charge in [-0.25, -0.2) is 14.1 Å². The number of halogens is 2. The van der Waals surface area contributed by atoms with E-state index < -0.39 is 5.82 Å². The molecule has 2 heterocycles. The highest BCUT2D eigenvalue weighted by Gasteiger charge is 2.15. The summed E-state index contributed by atoms with van der Waals surface area (Å²) in [5.74, 6) is 0.114. The highest BCUT2D eigenvalue weighted by atomic mass is 79.9. The number of nitrogens with zero attached hydrogens (tertiary/aromatic N) is 3. The smallest absolute Gasteiger partial charge is 0.153 e. The molecule has 2 aromatic heterocycles. The molecule has 1 aromatic carbocycles. The standard InChI is InChI=1S/C15H9BrFN3O/c16-11-4-5-12(13(17)7-11)15-10(9-21)8-20(19-15)14-3-1-2-6-18-14/h1-9H. The van der Waals surface area contributed by atoms with Gasteiger partial charge in [-0.2, -0.15) is 5.10 Å². The van der Waals surface area contributed by atoms with Gasteiger partial charge in [0.05, 0.1) is 5.56 Å². The molecule has 0 radical (unpaired) electrons. The molecule has 4 nitrogen and oxygen atoms in total. The summed E-state index contributed by atoms with van der Waals surface area (Å²) in [5, 5.41) is 4.28. The Bertz CT molecular complexity index is 802. The lowest BCUT2D eigenvalue weighted by Gasteiger charge is -2.01. The number of benzene rings is 1. The third kappa shape index (κ3) is 2.62. The summed E-state index contributed by atoms with van der Waals surface area (Å²) >= 11 is 3.20. The van der Waals surface area contributed by atoms with Crippen molar-refractivity contribution in [3.8, 4) is 17.1 Å². The molecule has 0 atom stereocenters. The van der Waals surface area contributed by atoms with Crippen LogP contribution in [0.1, 0.15) is 10.4 Å². The monoisotopic (exact) mass is 345 g/mol. The fourth-order valence-corrected chi connectivity index (χ4v) is 2.30. The van der Waals surface area contributed by atoms with Crippen LogP contribution in [-0.4, -0.2) is 21.1 Å². The number of hydrogen-bond acceptors (Lipinski definition) is 3. The van der Waals surface area contributed by atoms with Crippen LogP contribution in [-0.2, 0) is 0 Å². The Morgan fingerprint density at radius 1 is 1.24 bits per heavy atom. The second kappa shape index (κ2) is 5.57. The SMILES string of the molecule is O=Cc1cn(-c2ccccn2)nc1-c1ccc(Br)cc1F. The predicted octanol–water partition coefficient (Wildman–Crippen LogP) is 3.65. The zero-order valence-corrected chi connectivity index (χ0v) is 12.3. The molecule has 0 N–H and O–H groups in total. The summed E-state index contributed by atoms with van der Waals surface area (Å²) in [6.45, 7) is 0. The summed E-state index contributed by atoms with van der Waals surface area (Å²) in [5.41, 5.74) is 0.873. The number of hydrogen-bond donors (Lipinski definition) is 0. The van der Waals surface area contributed by atoms with Crippen LogP contribution in [0.3, 0.4) is 0 Å². The largest absolute Gasteiger partial charge is 0.298 e. The van der Waals surface area contributed by atoms with Gasteiger partial charge in [0, 0.05) is 22.4 Å². The first-order valence-corrected chi connectivity index (χ1v) is 6.90. The first-order valence-electron chi connectivity index (χ1n) is 6.10. The summed E-state index contributed by atoms with van der Waals surface area (Å²) in [4.78, 5) is 15.4. The Balaban J connectivity index is 2.15. The van der Waals surface area contributed by atoms with Crippen molar-refractivity contribution in [2.45, 2.75) is 0 Å². The molecular weight excluding hydrogens is 337 g/mol. The van der Waals surface area contributed by atoms with Crippen molar-refractivity contribution in [2.24, 2.45) is 0 Å². The number of aromatic nitrogens is 3. The minimum absolute atomic E-state index is 0.273. The molecular formula is C15H9BrFN3O. The molecule has 0 fully saturated rings. The van der Waals surface area contributed by atoms with Crippen LogP contribution in [0.4, 0.5) is 4.39 Å². The molecule has 0 spiro atoms. The molecule has 0 aliphatic heterocycles. The first-order chi connectivity index (χ1) is 10.2. The average Bonchev–Trinajstić information content (AvgIpc) is 2.92. The van der Waals surface area contributed by atoms with Crippen LogP contribution in [0.2, 0.25) is 0 Å². The molecule has 6 heteroatoms. The molecule has 21 heavy (non-hydrogen) atoms. The summed E-state index contributed by atoms with van der Waals surface area (Å²) in [6, 6.07) is 9.96. The number of pyridine rings is 1. The zero-order valence-electron chi connectivity index (χ0n) is 10.7. The van der Waals surface area contributed by atoms with E-state index >= 15 is 0 Å². The van der Waals surface area contributed by atoms with Crippen LogP contribution in [0.5, 0.6) is 0 Å². The van der Waals surface area contributed by atoms with Crippen molar-refractivity contribution in [1.82, 2.24) is 14.8 Å². The van der Waals surface area contributed by atoms with E-state index in [0.29, 0.717) is 27.8 Å². The maximum atomic E-state index is 14.1. The van der Waals surface area contributed by atoms with Crippen molar-refractivity contribution in [1.29, 1.82) is 0 Å². The lowest BCUT2D eigenvalue weighted by molar-refractivity contribution is 0.112. The van der Waals surface area contributed by atoms with E-state index in [1.165, 1.54) is 16.9 Å². The molecule has 0 aliphatic rings. The number of rotatable bonds is 3. The Kier molecular flexibility index (Phi) is 3.62. The van der Waals surface area contributed by atoms with Gasteiger partial charge in [0.15, 0.2) is 12.1 Å². The van der Waals surface area contributed by atoms with E-state index in [1.54, 1.807) is 30.5 Å². The van der Waals surface area contributed by atoms with Gasteiger partial charge in [0.1, 0.15) is 11.5 Å². The molecule has 0 bridgehead atoms. The minimum Gasteiger partial charge on any atom is -0.298 e. The van der Waals surface area contributed by atoms with Crippen molar-refractivity contribution >= 4 is 22.2 Å². The molecule has 3 aromatic rings. The topological polar surface area (TPSA) is 47.8 Å². The van der Waals surface area contributed by atoms with Crippen molar-refractivity contribution in [3.63, 3.8) is 0 Å². The zero-order chi connectivity index (χ0) is 14.8. The molecule has 0 saturated carbocycles. The van der Waals surface area contributed by atoms with E-state index in [9.17, 15) is 9.18 Å². The van der Waals surface area contributed by atoms with Gasteiger partial charge < -0.3 is 0 Å². The maximum absolute atomic E-state index is 14.1. The third-order valence-electron chi connectivity index (χ3n) is 2.94.